The van der Waals surface area contributed by atoms with Crippen molar-refractivity contribution >= 4 is 53.8 Å². The summed E-state index contributed by atoms with van der Waals surface area (Å²) in [5.74, 6) is -1.29. The number of aromatic nitrogens is 1. The lowest BCUT2D eigenvalue weighted by molar-refractivity contribution is -0.138. The number of rotatable bonds is 12. The van der Waals surface area contributed by atoms with E-state index in [1.807, 2.05) is 0 Å². The highest BCUT2D eigenvalue weighted by Crippen LogP contribution is 2.41. The van der Waals surface area contributed by atoms with Crippen LogP contribution in [0.4, 0.5) is 10.5 Å². The first-order valence-electron chi connectivity index (χ1n) is 13.7. The Morgan fingerprint density at radius 1 is 1.02 bits per heavy atom. The SMILES string of the molecule is COc1cc2nccc(Oc3ccc(NC(=O)NC4CC4)c(Cl)c3)c2cc1C(=O)NP(=O)(N[C@H](C)C(=O)O)Oc1ccccc1. The summed E-state index contributed by atoms with van der Waals surface area (Å²) in [6, 6.07) is 15.8. The summed E-state index contributed by atoms with van der Waals surface area (Å²) in [5.41, 5.74) is 0.769. The van der Waals surface area contributed by atoms with Gasteiger partial charge in [0, 0.05) is 29.8 Å². The van der Waals surface area contributed by atoms with Gasteiger partial charge in [-0.05, 0) is 56.2 Å². The number of hydrogen-bond donors (Lipinski definition) is 5. The molecule has 1 aliphatic rings. The van der Waals surface area contributed by atoms with Gasteiger partial charge in [0.15, 0.2) is 0 Å². The molecule has 1 heterocycles. The molecule has 1 unspecified atom stereocenters. The molecule has 13 nitrogen and oxygen atoms in total. The zero-order valence-electron chi connectivity index (χ0n) is 24.1. The first-order chi connectivity index (χ1) is 21.5. The topological polar surface area (TPSA) is 177 Å². The fourth-order valence-corrected chi connectivity index (χ4v) is 5.97. The van der Waals surface area contributed by atoms with E-state index < -0.39 is 25.6 Å². The minimum absolute atomic E-state index is 0.0521. The third kappa shape index (κ3) is 8.01. The van der Waals surface area contributed by atoms with Crippen LogP contribution in [-0.4, -0.2) is 47.2 Å². The summed E-state index contributed by atoms with van der Waals surface area (Å²) in [6.07, 6.45) is 3.41. The number of para-hydroxylation sites is 1. The average Bonchev–Trinajstić information content (AvgIpc) is 3.82. The molecule has 1 saturated carbocycles. The molecule has 0 saturated heterocycles. The molecule has 0 radical (unpaired) electrons. The largest absolute Gasteiger partial charge is 0.496 e. The molecule has 0 spiro atoms. The number of carbonyl (C=O) groups is 3. The first kappa shape index (κ1) is 31.6. The Balaban J connectivity index is 1.42. The van der Waals surface area contributed by atoms with Gasteiger partial charge in [-0.1, -0.05) is 29.8 Å². The number of benzene rings is 3. The van der Waals surface area contributed by atoms with Gasteiger partial charge in [0.2, 0.25) is 0 Å². The van der Waals surface area contributed by atoms with Crippen molar-refractivity contribution in [2.75, 3.05) is 12.4 Å². The number of amides is 3. The lowest BCUT2D eigenvalue weighted by Crippen LogP contribution is -2.39. The van der Waals surface area contributed by atoms with Crippen molar-refractivity contribution in [3.63, 3.8) is 0 Å². The highest BCUT2D eigenvalue weighted by Gasteiger charge is 2.33. The molecule has 1 fully saturated rings. The Labute approximate surface area is 262 Å². The van der Waals surface area contributed by atoms with Crippen LogP contribution in [0.3, 0.4) is 0 Å². The number of nitrogens with zero attached hydrogens (tertiary/aromatic N) is 1. The Bertz CT molecular complexity index is 1800. The van der Waals surface area contributed by atoms with Gasteiger partial charge in [0.1, 0.15) is 29.0 Å². The molecule has 0 bridgehead atoms. The van der Waals surface area contributed by atoms with E-state index in [1.165, 1.54) is 50.6 Å². The molecular formula is C30H29ClN5O8P. The van der Waals surface area contributed by atoms with Gasteiger partial charge < -0.3 is 29.7 Å². The van der Waals surface area contributed by atoms with E-state index in [-0.39, 0.29) is 34.2 Å². The number of halogens is 1. The summed E-state index contributed by atoms with van der Waals surface area (Å²) >= 11 is 6.41. The normalized spacial score (nSPS) is 14.5. The zero-order chi connectivity index (χ0) is 32.1. The van der Waals surface area contributed by atoms with Crippen molar-refractivity contribution in [2.24, 2.45) is 0 Å². The van der Waals surface area contributed by atoms with Gasteiger partial charge in [-0.25, -0.2) is 14.4 Å². The number of ether oxygens (including phenoxy) is 2. The second-order valence-electron chi connectivity index (χ2n) is 10.1. The third-order valence-electron chi connectivity index (χ3n) is 6.56. The summed E-state index contributed by atoms with van der Waals surface area (Å²) < 4.78 is 30.9. The van der Waals surface area contributed by atoms with E-state index in [4.69, 9.17) is 25.6 Å². The maximum atomic E-state index is 13.8. The number of hydrogen-bond acceptors (Lipinski definition) is 8. The molecular weight excluding hydrogens is 625 g/mol. The summed E-state index contributed by atoms with van der Waals surface area (Å²) in [6.45, 7) is 1.26. The monoisotopic (exact) mass is 653 g/mol. The van der Waals surface area contributed by atoms with E-state index in [0.29, 0.717) is 28.1 Å². The van der Waals surface area contributed by atoms with Gasteiger partial charge in [0.05, 0.1) is 28.9 Å². The molecule has 15 heteroatoms. The van der Waals surface area contributed by atoms with Crippen LogP contribution >= 0.6 is 19.3 Å². The molecule has 1 aromatic heterocycles. The summed E-state index contributed by atoms with van der Waals surface area (Å²) in [7, 11) is -2.98. The predicted molar refractivity (Wildman–Crippen MR) is 167 cm³/mol. The van der Waals surface area contributed by atoms with E-state index in [1.54, 1.807) is 36.4 Å². The van der Waals surface area contributed by atoms with Crippen LogP contribution in [0.5, 0.6) is 23.0 Å². The number of fused-ring (bicyclic) bond motifs is 1. The average molecular weight is 654 g/mol. The van der Waals surface area contributed by atoms with Crippen LogP contribution in [-0.2, 0) is 9.36 Å². The van der Waals surface area contributed by atoms with Crippen LogP contribution in [0.25, 0.3) is 10.9 Å². The van der Waals surface area contributed by atoms with Crippen LogP contribution in [0.1, 0.15) is 30.1 Å². The Morgan fingerprint density at radius 3 is 2.44 bits per heavy atom. The van der Waals surface area contributed by atoms with Crippen molar-refractivity contribution in [1.82, 2.24) is 20.5 Å². The summed E-state index contributed by atoms with van der Waals surface area (Å²) in [4.78, 5) is 41.6. The third-order valence-corrected chi connectivity index (χ3v) is 8.56. The van der Waals surface area contributed by atoms with Gasteiger partial charge >= 0.3 is 19.7 Å². The number of carboxylic acids is 1. The van der Waals surface area contributed by atoms with Crippen molar-refractivity contribution in [3.05, 3.63) is 83.5 Å². The molecule has 3 aromatic carbocycles. The van der Waals surface area contributed by atoms with Crippen LogP contribution in [0.2, 0.25) is 5.02 Å². The molecule has 45 heavy (non-hydrogen) atoms. The van der Waals surface area contributed by atoms with Crippen molar-refractivity contribution in [3.8, 4) is 23.0 Å². The molecule has 5 N–H and O–H groups in total. The number of carbonyl (C=O) groups excluding carboxylic acids is 2. The zero-order valence-corrected chi connectivity index (χ0v) is 25.7. The Hall–Kier alpha value is -4.84. The summed E-state index contributed by atoms with van der Waals surface area (Å²) in [5, 5.41) is 20.3. The highest BCUT2D eigenvalue weighted by atomic mass is 35.5. The van der Waals surface area contributed by atoms with Crippen LogP contribution in [0.15, 0.2) is 72.9 Å². The second kappa shape index (κ2) is 13.4. The fourth-order valence-electron chi connectivity index (χ4n) is 4.16. The number of aliphatic carboxylic acids is 1. The van der Waals surface area contributed by atoms with Gasteiger partial charge in [-0.2, -0.15) is 0 Å². The van der Waals surface area contributed by atoms with E-state index >= 15 is 0 Å². The van der Waals surface area contributed by atoms with Crippen molar-refractivity contribution in [2.45, 2.75) is 31.8 Å². The molecule has 0 aliphatic heterocycles. The first-order valence-corrected chi connectivity index (χ1v) is 15.7. The lowest BCUT2D eigenvalue weighted by Gasteiger charge is -2.23. The van der Waals surface area contributed by atoms with E-state index in [9.17, 15) is 24.1 Å². The maximum Gasteiger partial charge on any atom is 0.420 e. The highest BCUT2D eigenvalue weighted by molar-refractivity contribution is 7.56. The van der Waals surface area contributed by atoms with Crippen LogP contribution < -0.4 is 34.8 Å². The fraction of sp³-hybridized carbons (Fsp3) is 0.200. The minimum Gasteiger partial charge on any atom is -0.496 e. The maximum absolute atomic E-state index is 13.8. The number of urea groups is 1. The quantitative estimate of drug-likeness (QED) is 0.115. The standard InChI is InChI=1S/C30H29ClN5O8P/c1-17(29(38)39)35-45(41,44-19-6-4-3-5-7-19)36-28(37)22-15-21-25(16-27(22)42-2)32-13-12-26(21)43-20-10-11-24(23(31)14-20)34-30(40)33-18-8-9-18/h3-7,10-18H,8-9H2,1-2H3,(H,38,39)(H2,33,34,40)(H2,35,36,37,41)/t17-,45?/m1/s1. The minimum atomic E-state index is -4.34. The van der Waals surface area contributed by atoms with E-state index in [2.05, 4.69) is 25.8 Å². The number of pyridine rings is 1. The van der Waals surface area contributed by atoms with E-state index in [0.717, 1.165) is 12.8 Å². The number of nitrogens with one attached hydrogen (secondary N) is 4. The van der Waals surface area contributed by atoms with Crippen molar-refractivity contribution < 1.29 is 38.1 Å². The predicted octanol–water partition coefficient (Wildman–Crippen LogP) is 5.95. The molecule has 3 amide bonds. The second-order valence-corrected chi connectivity index (χ2v) is 12.3. The van der Waals surface area contributed by atoms with Crippen molar-refractivity contribution in [1.29, 1.82) is 0 Å². The van der Waals surface area contributed by atoms with Gasteiger partial charge in [0.25, 0.3) is 5.91 Å². The number of anilines is 1. The molecule has 234 valence electrons. The Morgan fingerprint density at radius 2 is 1.78 bits per heavy atom. The molecule has 2 atom stereocenters. The molecule has 5 rings (SSSR count). The Kier molecular flexibility index (Phi) is 9.43. The molecule has 1 aliphatic carbocycles. The number of methoxy groups -OCH3 is 1. The molecule has 4 aromatic rings. The van der Waals surface area contributed by atoms with Gasteiger partial charge in [-0.3, -0.25) is 19.7 Å². The lowest BCUT2D eigenvalue weighted by atomic mass is 10.1. The smallest absolute Gasteiger partial charge is 0.420 e. The van der Waals surface area contributed by atoms with Gasteiger partial charge in [-0.15, -0.1) is 0 Å². The van der Waals surface area contributed by atoms with Crippen LogP contribution in [0, 0.1) is 0 Å². The number of carboxylic acid groups (broad SMARTS) is 1.